The van der Waals surface area contributed by atoms with Gasteiger partial charge in [-0.2, -0.15) is 10.2 Å². The highest BCUT2D eigenvalue weighted by atomic mass is 19.3. The van der Waals surface area contributed by atoms with E-state index in [9.17, 15) is 13.6 Å². The number of alkyl halides is 2. The zero-order valence-electron chi connectivity index (χ0n) is 15.2. The van der Waals surface area contributed by atoms with Crippen LogP contribution in [-0.4, -0.2) is 57.3 Å². The Labute approximate surface area is 160 Å². The number of hydrogen-bond acceptors (Lipinski definition) is 6. The first kappa shape index (κ1) is 18.4. The smallest absolute Gasteiger partial charge is 0.261 e. The van der Waals surface area contributed by atoms with Crippen molar-refractivity contribution in [2.75, 3.05) is 31.1 Å². The summed E-state index contributed by atoms with van der Waals surface area (Å²) in [5, 5.41) is 8.06. The van der Waals surface area contributed by atoms with Gasteiger partial charge in [-0.25, -0.2) is 13.8 Å². The minimum atomic E-state index is -2.59. The molecule has 2 aromatic heterocycles. The molecular formula is C19H20F2N6O. The molecule has 0 spiro atoms. The van der Waals surface area contributed by atoms with Crippen molar-refractivity contribution in [3.05, 3.63) is 58.9 Å². The van der Waals surface area contributed by atoms with Gasteiger partial charge in [0.2, 0.25) is 0 Å². The van der Waals surface area contributed by atoms with Gasteiger partial charge < -0.3 is 4.90 Å². The summed E-state index contributed by atoms with van der Waals surface area (Å²) in [6.45, 7) is 3.72. The highest BCUT2D eigenvalue weighted by Crippen LogP contribution is 2.21. The number of fused-ring (bicyclic) bond motifs is 1. The average Bonchev–Trinajstić information content (AvgIpc) is 2.71. The van der Waals surface area contributed by atoms with Crippen LogP contribution in [0.15, 0.2) is 47.8 Å². The van der Waals surface area contributed by atoms with Crippen LogP contribution >= 0.6 is 0 Å². The Morgan fingerprint density at radius 2 is 1.89 bits per heavy atom. The van der Waals surface area contributed by atoms with Crippen LogP contribution < -0.4 is 10.5 Å². The summed E-state index contributed by atoms with van der Waals surface area (Å²) in [6.07, 6.45) is 2.09. The second-order valence-electron chi connectivity index (χ2n) is 6.81. The van der Waals surface area contributed by atoms with Gasteiger partial charge in [-0.15, -0.1) is 0 Å². The Kier molecular flexibility index (Phi) is 5.25. The van der Waals surface area contributed by atoms with E-state index < -0.39 is 18.5 Å². The molecule has 3 heterocycles. The van der Waals surface area contributed by atoms with Crippen LogP contribution in [0.4, 0.5) is 14.5 Å². The number of anilines is 1. The van der Waals surface area contributed by atoms with E-state index >= 15 is 0 Å². The minimum Gasteiger partial charge on any atom is -0.369 e. The standard InChI is InChI=1S/C19H20F2N6O/c20-18(21)12-27-13-22-17-9-15(1-2-16(17)19(27)28)26-7-5-25(6-8-26)11-14-3-4-23-24-10-14/h1-4,9-10,13,18H,5-8,11-12H2. The third-order valence-electron chi connectivity index (χ3n) is 4.93. The molecule has 7 nitrogen and oxygen atoms in total. The molecule has 1 saturated heterocycles. The van der Waals surface area contributed by atoms with E-state index in [1.165, 1.54) is 6.33 Å². The molecule has 4 rings (SSSR count). The number of benzene rings is 1. The molecule has 1 aromatic carbocycles. The second kappa shape index (κ2) is 7.97. The van der Waals surface area contributed by atoms with E-state index in [1.54, 1.807) is 18.5 Å². The lowest BCUT2D eigenvalue weighted by Crippen LogP contribution is -2.46. The molecule has 1 aliphatic rings. The van der Waals surface area contributed by atoms with Crippen LogP contribution in [0.1, 0.15) is 5.56 Å². The van der Waals surface area contributed by atoms with E-state index in [4.69, 9.17) is 0 Å². The van der Waals surface area contributed by atoms with Crippen molar-refractivity contribution in [1.29, 1.82) is 0 Å². The van der Waals surface area contributed by atoms with Gasteiger partial charge in [0.25, 0.3) is 12.0 Å². The average molecular weight is 386 g/mol. The lowest BCUT2D eigenvalue weighted by atomic mass is 10.2. The zero-order valence-corrected chi connectivity index (χ0v) is 15.2. The maximum atomic E-state index is 12.6. The number of aromatic nitrogens is 4. The molecular weight excluding hydrogens is 366 g/mol. The highest BCUT2D eigenvalue weighted by molar-refractivity contribution is 5.81. The Morgan fingerprint density at radius 3 is 2.61 bits per heavy atom. The lowest BCUT2D eigenvalue weighted by Gasteiger charge is -2.36. The van der Waals surface area contributed by atoms with Gasteiger partial charge in [0.15, 0.2) is 0 Å². The van der Waals surface area contributed by atoms with Crippen molar-refractivity contribution in [3.8, 4) is 0 Å². The van der Waals surface area contributed by atoms with E-state index in [0.717, 1.165) is 48.5 Å². The van der Waals surface area contributed by atoms with Gasteiger partial charge in [0.1, 0.15) is 0 Å². The number of rotatable bonds is 5. The van der Waals surface area contributed by atoms with Crippen molar-refractivity contribution >= 4 is 16.6 Å². The quantitative estimate of drug-likeness (QED) is 0.666. The van der Waals surface area contributed by atoms with Crippen LogP contribution in [0.25, 0.3) is 10.9 Å². The molecule has 0 aliphatic carbocycles. The minimum absolute atomic E-state index is 0.357. The van der Waals surface area contributed by atoms with Crippen LogP contribution in [-0.2, 0) is 13.1 Å². The molecule has 3 aromatic rings. The second-order valence-corrected chi connectivity index (χ2v) is 6.81. The lowest BCUT2D eigenvalue weighted by molar-refractivity contribution is 0.125. The first-order valence-electron chi connectivity index (χ1n) is 9.10. The van der Waals surface area contributed by atoms with Crippen molar-refractivity contribution < 1.29 is 8.78 Å². The normalized spacial score (nSPS) is 15.5. The fourth-order valence-corrected chi connectivity index (χ4v) is 3.46. The molecule has 0 unspecified atom stereocenters. The van der Waals surface area contributed by atoms with Gasteiger partial charge in [-0.05, 0) is 29.8 Å². The molecule has 0 radical (unpaired) electrons. The Hall–Kier alpha value is -2.94. The van der Waals surface area contributed by atoms with E-state index in [0.29, 0.717) is 10.9 Å². The summed E-state index contributed by atoms with van der Waals surface area (Å²) in [4.78, 5) is 21.1. The topological polar surface area (TPSA) is 67.2 Å². The van der Waals surface area contributed by atoms with Crippen LogP contribution in [0.2, 0.25) is 0 Å². The third-order valence-corrected chi connectivity index (χ3v) is 4.93. The molecule has 1 fully saturated rings. The Bertz CT molecular complexity index is 1000. The molecule has 0 N–H and O–H groups in total. The molecule has 0 bridgehead atoms. The summed E-state index contributed by atoms with van der Waals surface area (Å²) < 4.78 is 26.1. The molecule has 28 heavy (non-hydrogen) atoms. The van der Waals surface area contributed by atoms with Crippen molar-refractivity contribution in [1.82, 2.24) is 24.6 Å². The monoisotopic (exact) mass is 386 g/mol. The maximum Gasteiger partial charge on any atom is 0.261 e. The fourth-order valence-electron chi connectivity index (χ4n) is 3.46. The predicted molar refractivity (Wildman–Crippen MR) is 102 cm³/mol. The van der Waals surface area contributed by atoms with Gasteiger partial charge in [-0.1, -0.05) is 0 Å². The summed E-state index contributed by atoms with van der Waals surface area (Å²) in [5.74, 6) is 0. The molecule has 0 saturated carbocycles. The predicted octanol–water partition coefficient (Wildman–Crippen LogP) is 1.77. The maximum absolute atomic E-state index is 12.6. The van der Waals surface area contributed by atoms with Crippen LogP contribution in [0.3, 0.4) is 0 Å². The summed E-state index contributed by atoms with van der Waals surface area (Å²) >= 11 is 0. The molecule has 1 aliphatic heterocycles. The van der Waals surface area contributed by atoms with Crippen molar-refractivity contribution in [2.24, 2.45) is 0 Å². The molecule has 146 valence electrons. The van der Waals surface area contributed by atoms with Gasteiger partial charge in [-0.3, -0.25) is 14.3 Å². The first-order chi connectivity index (χ1) is 13.6. The van der Waals surface area contributed by atoms with Gasteiger partial charge in [0, 0.05) is 44.6 Å². The Balaban J connectivity index is 1.46. The number of hydrogen-bond donors (Lipinski definition) is 0. The molecule has 9 heteroatoms. The van der Waals surface area contributed by atoms with Crippen molar-refractivity contribution in [3.63, 3.8) is 0 Å². The summed E-state index contributed by atoms with van der Waals surface area (Å²) in [5.41, 5.74) is 2.21. The van der Waals surface area contributed by atoms with Crippen LogP contribution in [0.5, 0.6) is 0 Å². The fraction of sp³-hybridized carbons (Fsp3) is 0.368. The zero-order chi connectivity index (χ0) is 19.5. The SMILES string of the molecule is O=c1c2ccc(N3CCN(Cc4ccnnc4)CC3)cc2ncn1CC(F)F. The van der Waals surface area contributed by atoms with Gasteiger partial charge >= 0.3 is 0 Å². The number of nitrogens with zero attached hydrogens (tertiary/aromatic N) is 6. The molecule has 0 amide bonds. The number of halogens is 2. The van der Waals surface area contributed by atoms with Gasteiger partial charge in [0.05, 0.1) is 30.0 Å². The largest absolute Gasteiger partial charge is 0.369 e. The number of piperazine rings is 1. The summed E-state index contributed by atoms with van der Waals surface area (Å²) in [7, 11) is 0. The third kappa shape index (κ3) is 3.99. The van der Waals surface area contributed by atoms with E-state index in [2.05, 4.69) is 25.0 Å². The van der Waals surface area contributed by atoms with Crippen molar-refractivity contribution in [2.45, 2.75) is 19.5 Å². The summed E-state index contributed by atoms with van der Waals surface area (Å²) in [6, 6.07) is 7.36. The highest BCUT2D eigenvalue weighted by Gasteiger charge is 2.18. The van der Waals surface area contributed by atoms with Crippen LogP contribution in [0, 0.1) is 0 Å². The first-order valence-corrected chi connectivity index (χ1v) is 9.10. The Morgan fingerprint density at radius 1 is 1.07 bits per heavy atom. The van der Waals surface area contributed by atoms with E-state index in [1.807, 2.05) is 18.2 Å². The molecule has 0 atom stereocenters. The van der Waals surface area contributed by atoms with E-state index in [-0.39, 0.29) is 0 Å².